The van der Waals surface area contributed by atoms with Crippen molar-refractivity contribution in [2.45, 2.75) is 90.4 Å². The van der Waals surface area contributed by atoms with Crippen LogP contribution in [0.1, 0.15) is 78.9 Å². The largest absolute Gasteiger partial charge is 0.342 e. The number of rotatable bonds is 12. The fourth-order valence-electron chi connectivity index (χ4n) is 9.29. The molecule has 2 aliphatic rings. The zero-order valence-corrected chi connectivity index (χ0v) is 36.2. The Bertz CT molecular complexity index is 2730. The number of anilines is 2. The summed E-state index contributed by atoms with van der Waals surface area (Å²) >= 11 is 0. The summed E-state index contributed by atoms with van der Waals surface area (Å²) in [6.45, 7) is 13.7. The number of nitrogens with zero attached hydrogens (tertiary/aromatic N) is 8. The first kappa shape index (κ1) is 40.7. The van der Waals surface area contributed by atoms with Crippen molar-refractivity contribution in [1.29, 1.82) is 0 Å². The Hall–Kier alpha value is -6.70. The van der Waals surface area contributed by atoms with Gasteiger partial charge in [0.15, 0.2) is 0 Å². The number of nitrogens with one attached hydrogen (secondary N) is 4. The second-order valence-electron chi connectivity index (χ2n) is 17.9. The molecule has 4 N–H and O–H groups in total. The number of carbonyl (C=O) groups is 2. The lowest BCUT2D eigenvalue weighted by molar-refractivity contribution is -0.138. The molecule has 2 saturated heterocycles. The van der Waals surface area contributed by atoms with Crippen molar-refractivity contribution < 1.29 is 9.59 Å². The molecule has 7 aromatic rings. The van der Waals surface area contributed by atoms with E-state index in [9.17, 15) is 9.59 Å². The Morgan fingerprint density at radius 1 is 0.629 bits per heavy atom. The monoisotopic (exact) mass is 830 g/mol. The summed E-state index contributed by atoms with van der Waals surface area (Å²) in [6.07, 6.45) is 12.0. The minimum Gasteiger partial charge on any atom is -0.342 e. The predicted molar refractivity (Wildman–Crippen MR) is 242 cm³/mol. The van der Waals surface area contributed by atoms with Gasteiger partial charge in [-0.2, -0.15) is 0 Å². The topological polar surface area (TPSA) is 174 Å². The highest BCUT2D eigenvalue weighted by molar-refractivity contribution is 5.92. The second-order valence-corrected chi connectivity index (χ2v) is 17.9. The van der Waals surface area contributed by atoms with Crippen LogP contribution in [-0.4, -0.2) is 86.7 Å². The third kappa shape index (κ3) is 7.51. The van der Waals surface area contributed by atoms with Crippen LogP contribution in [0, 0.1) is 11.8 Å². The van der Waals surface area contributed by atoms with Gasteiger partial charge in [0.1, 0.15) is 23.7 Å². The molecule has 0 spiro atoms. The normalized spacial score (nSPS) is 20.1. The molecular weight excluding hydrogens is 777 g/mol. The minimum absolute atomic E-state index is 0.0178. The van der Waals surface area contributed by atoms with Crippen LogP contribution < -0.4 is 10.6 Å². The first-order valence-corrected chi connectivity index (χ1v) is 21.7. The molecule has 14 heteroatoms. The fraction of sp³-hybridized carbons (Fsp3) is 0.375. The summed E-state index contributed by atoms with van der Waals surface area (Å²) in [5, 5.41) is 8.79. The highest BCUT2D eigenvalue weighted by Crippen LogP contribution is 2.41. The molecule has 0 aliphatic carbocycles. The number of fused-ring (bicyclic) bond motifs is 2. The minimum atomic E-state index is -0.586. The van der Waals surface area contributed by atoms with E-state index in [2.05, 4.69) is 109 Å². The highest BCUT2D eigenvalue weighted by atomic mass is 16.2. The number of carbonyl (C=O) groups excluding carboxylic acids is 2. The molecule has 2 amide bonds. The molecule has 2 fully saturated rings. The smallest absolute Gasteiger partial charge is 0.246 e. The lowest BCUT2D eigenvalue weighted by Gasteiger charge is -2.37. The van der Waals surface area contributed by atoms with E-state index in [1.54, 1.807) is 36.9 Å². The molecule has 318 valence electrons. The Morgan fingerprint density at radius 3 is 1.69 bits per heavy atom. The maximum absolute atomic E-state index is 14.2. The summed E-state index contributed by atoms with van der Waals surface area (Å²) in [5.41, 5.74) is 4.72. The van der Waals surface area contributed by atoms with Crippen molar-refractivity contribution >= 4 is 45.5 Å². The van der Waals surface area contributed by atoms with E-state index in [1.165, 1.54) is 0 Å². The Labute approximate surface area is 361 Å². The van der Waals surface area contributed by atoms with E-state index in [1.807, 2.05) is 43.7 Å². The van der Waals surface area contributed by atoms with E-state index in [4.69, 9.17) is 9.97 Å². The molecule has 4 atom stereocenters. The van der Waals surface area contributed by atoms with Crippen LogP contribution in [0.15, 0.2) is 97.7 Å². The van der Waals surface area contributed by atoms with Gasteiger partial charge in [0.25, 0.3) is 0 Å². The van der Waals surface area contributed by atoms with Crippen LogP contribution in [0.4, 0.5) is 11.9 Å². The number of likely N-dealkylation sites (tertiary alicyclic amines) is 2. The highest BCUT2D eigenvalue weighted by Gasteiger charge is 2.47. The maximum Gasteiger partial charge on any atom is 0.246 e. The summed E-state index contributed by atoms with van der Waals surface area (Å²) < 4.78 is 0. The van der Waals surface area contributed by atoms with Crippen LogP contribution in [-0.2, 0) is 20.7 Å². The first-order chi connectivity index (χ1) is 29.9. The van der Waals surface area contributed by atoms with Crippen molar-refractivity contribution in [2.24, 2.45) is 11.8 Å². The molecule has 0 bridgehead atoms. The third-order valence-corrected chi connectivity index (χ3v) is 12.9. The van der Waals surface area contributed by atoms with Gasteiger partial charge in [-0.3, -0.25) is 9.59 Å². The van der Waals surface area contributed by atoms with E-state index in [-0.39, 0.29) is 23.7 Å². The maximum atomic E-state index is 14.2. The van der Waals surface area contributed by atoms with Crippen molar-refractivity contribution in [1.82, 2.24) is 49.7 Å². The lowest BCUT2D eigenvalue weighted by atomic mass is 9.95. The zero-order chi connectivity index (χ0) is 43.2. The van der Waals surface area contributed by atoms with Gasteiger partial charge >= 0.3 is 0 Å². The first-order valence-electron chi connectivity index (χ1n) is 21.7. The average molecular weight is 831 g/mol. The quantitative estimate of drug-likeness (QED) is 0.0938. The van der Waals surface area contributed by atoms with Crippen LogP contribution in [0.3, 0.4) is 0 Å². The van der Waals surface area contributed by atoms with Gasteiger partial charge in [-0.05, 0) is 110 Å². The summed E-state index contributed by atoms with van der Waals surface area (Å²) in [6, 6.07) is 21.9. The van der Waals surface area contributed by atoms with Gasteiger partial charge < -0.3 is 30.4 Å². The average Bonchev–Trinajstić information content (AvgIpc) is 4.11. The molecule has 0 saturated carbocycles. The van der Waals surface area contributed by atoms with Gasteiger partial charge in [-0.15, -0.1) is 0 Å². The number of hydrogen-bond acceptors (Lipinski definition) is 10. The van der Waals surface area contributed by atoms with Crippen molar-refractivity contribution in [3.63, 3.8) is 0 Å². The third-order valence-electron chi connectivity index (χ3n) is 12.9. The molecule has 62 heavy (non-hydrogen) atoms. The SMILES string of the molecule is CC(C)[C@H](Nc1ncccn1)C(=O)N1CCC[C@@]1(C)c1ncc(-c2ccc3cc(-c4ccc5nc([C@]6(C)CCCN6C(=O)[C@@H](Nc6ncccn6)C(C)C)[nH]c5c4)ccc3c2)[nH]1. The molecule has 4 aromatic heterocycles. The van der Waals surface area contributed by atoms with E-state index < -0.39 is 23.2 Å². The zero-order valence-electron chi connectivity index (χ0n) is 36.2. The van der Waals surface area contributed by atoms with Gasteiger partial charge in [-0.1, -0.05) is 58.0 Å². The van der Waals surface area contributed by atoms with E-state index in [0.717, 1.165) is 81.5 Å². The molecule has 2 aliphatic heterocycles. The number of aromatic nitrogens is 8. The molecule has 0 unspecified atom stereocenters. The lowest BCUT2D eigenvalue weighted by Crippen LogP contribution is -2.51. The summed E-state index contributed by atoms with van der Waals surface area (Å²) in [4.78, 5) is 66.6. The predicted octanol–water partition coefficient (Wildman–Crippen LogP) is 8.30. The summed E-state index contributed by atoms with van der Waals surface area (Å²) in [7, 11) is 0. The molecule has 0 radical (unpaired) electrons. The van der Waals surface area contributed by atoms with Gasteiger partial charge in [0, 0.05) is 43.4 Å². The molecule has 3 aromatic carbocycles. The van der Waals surface area contributed by atoms with Gasteiger partial charge in [0.2, 0.25) is 23.7 Å². The van der Waals surface area contributed by atoms with Crippen LogP contribution in [0.5, 0.6) is 0 Å². The molecule has 6 heterocycles. The van der Waals surface area contributed by atoms with E-state index >= 15 is 0 Å². The van der Waals surface area contributed by atoms with E-state index in [0.29, 0.717) is 25.0 Å². The number of benzene rings is 3. The number of aromatic amines is 2. The molecule has 9 rings (SSSR count). The summed E-state index contributed by atoms with van der Waals surface area (Å²) in [5.74, 6) is 2.55. The standard InChI is InChI=1S/C48H54N12O2/c1-29(2)39(57-45-49-19-9-20-50-45)41(61)59-23-7-17-47(59,5)43-53-28-38(56-43)35-14-13-31-25-32(11-12-33(31)26-35)34-15-16-36-37(27-34)55-44(54-36)48(6)18-8-24-60(48)42(62)40(30(3)4)58-46-51-21-10-22-52-46/h9-16,19-22,25-30,39-40H,7-8,17-18,23-24H2,1-6H3,(H,53,56)(H,54,55)(H,49,50,57)(H,51,52,58)/t39-,40-,47-,48-/m0/s1. The molecule has 14 nitrogen and oxygen atoms in total. The van der Waals surface area contributed by atoms with Crippen LogP contribution in [0.2, 0.25) is 0 Å². The number of hydrogen-bond donors (Lipinski definition) is 4. The van der Waals surface area contributed by atoms with Crippen molar-refractivity contribution in [3.05, 3.63) is 109 Å². The number of amides is 2. The van der Waals surface area contributed by atoms with Crippen LogP contribution in [0.25, 0.3) is 44.2 Å². The fourth-order valence-corrected chi connectivity index (χ4v) is 9.29. The van der Waals surface area contributed by atoms with Gasteiger partial charge in [-0.25, -0.2) is 29.9 Å². The number of imidazole rings is 2. The Balaban J connectivity index is 0.925. The molecular formula is C48H54N12O2. The van der Waals surface area contributed by atoms with Crippen molar-refractivity contribution in [3.8, 4) is 22.4 Å². The Morgan fingerprint density at radius 2 is 1.13 bits per heavy atom. The Kier molecular flexibility index (Phi) is 10.7. The van der Waals surface area contributed by atoms with Crippen molar-refractivity contribution in [2.75, 3.05) is 23.7 Å². The van der Waals surface area contributed by atoms with Gasteiger partial charge in [0.05, 0.1) is 34.0 Å². The number of H-pyrrole nitrogens is 2. The van der Waals surface area contributed by atoms with Crippen LogP contribution >= 0.6 is 0 Å². The second kappa shape index (κ2) is 16.3.